The normalized spacial score (nSPS) is 13.2. The van der Waals surface area contributed by atoms with Gasteiger partial charge in [-0.25, -0.2) is 0 Å². The average Bonchev–Trinajstić information content (AvgIpc) is 3.51. The summed E-state index contributed by atoms with van der Waals surface area (Å²) in [5.74, 6) is 0. The summed E-state index contributed by atoms with van der Waals surface area (Å²) in [6.07, 6.45) is 3.44. The molecule has 0 aromatic heterocycles. The zero-order chi connectivity index (χ0) is 30.2. The summed E-state index contributed by atoms with van der Waals surface area (Å²) in [5.41, 5.74) is 11.7. The quantitative estimate of drug-likeness (QED) is 0.227. The third-order valence-electron chi connectivity index (χ3n) is 8.64. The van der Waals surface area contributed by atoms with Crippen molar-refractivity contribution in [3.05, 3.63) is 142 Å². The SMILES string of the molecule is CC1=CCC(c2c(C(C)(C)C)ccc3c2[cH-]c2cc(C(C)(C)C)ccc23)=C1C.[Cl-].[Cl-].[Zr+2]=[C](c1ccccc1)c1ccccc1. The van der Waals surface area contributed by atoms with Gasteiger partial charge in [-0.1, -0.05) is 105 Å². The van der Waals surface area contributed by atoms with E-state index in [-0.39, 0.29) is 35.6 Å². The van der Waals surface area contributed by atoms with Gasteiger partial charge < -0.3 is 24.8 Å². The Labute approximate surface area is 292 Å². The molecule has 226 valence electrons. The summed E-state index contributed by atoms with van der Waals surface area (Å²) < 4.78 is 1.42. The standard InChI is InChI=1S/C28H33.C13H10.2ClH.Zr/c1-17-9-11-21(18(17)2)26-24-16-19-15-20(27(3,4)5)10-12-22(19)23(24)13-14-25(26)28(6,7)8;1-3-7-12(8-4-1)11-13-9-5-2-6-10-13;;;/h9-10,12-16H,11H2,1-8H3;1-10H;2*1H;/q-1;;;;+2/p-2. The van der Waals surface area contributed by atoms with Gasteiger partial charge >= 0.3 is 99.2 Å². The van der Waals surface area contributed by atoms with Crippen LogP contribution in [0.3, 0.4) is 0 Å². The van der Waals surface area contributed by atoms with Crippen molar-refractivity contribution < 1.29 is 49.0 Å². The Bertz CT molecular complexity index is 1780. The van der Waals surface area contributed by atoms with Crippen molar-refractivity contribution in [3.8, 4) is 0 Å². The summed E-state index contributed by atoms with van der Waals surface area (Å²) >= 11 is 1.46. The predicted octanol–water partition coefficient (Wildman–Crippen LogP) is 5.24. The van der Waals surface area contributed by atoms with E-state index in [4.69, 9.17) is 0 Å². The van der Waals surface area contributed by atoms with Crippen molar-refractivity contribution in [1.29, 1.82) is 0 Å². The van der Waals surface area contributed by atoms with E-state index in [1.165, 1.54) is 93.5 Å². The summed E-state index contributed by atoms with van der Waals surface area (Å²) in [7, 11) is 0. The summed E-state index contributed by atoms with van der Waals surface area (Å²) in [6, 6.07) is 35.3. The van der Waals surface area contributed by atoms with Gasteiger partial charge in [0.05, 0.1) is 0 Å². The molecule has 5 aromatic rings. The van der Waals surface area contributed by atoms with Gasteiger partial charge in [-0.2, -0.15) is 0 Å². The Hall–Kier alpha value is -2.44. The predicted molar refractivity (Wildman–Crippen MR) is 182 cm³/mol. The number of halogens is 2. The van der Waals surface area contributed by atoms with E-state index in [0.717, 1.165) is 6.42 Å². The van der Waals surface area contributed by atoms with E-state index >= 15 is 0 Å². The zero-order valence-electron chi connectivity index (χ0n) is 27.3. The average molecular weight is 698 g/mol. The van der Waals surface area contributed by atoms with Gasteiger partial charge in [-0.15, -0.1) is 33.7 Å². The number of fused-ring (bicyclic) bond motifs is 3. The van der Waals surface area contributed by atoms with Crippen molar-refractivity contribution >= 4 is 30.3 Å². The van der Waals surface area contributed by atoms with Gasteiger partial charge in [-0.05, 0) is 31.1 Å². The third kappa shape index (κ3) is 7.50. The Balaban J connectivity index is 0.000000280. The molecule has 0 unspecified atom stereocenters. The minimum atomic E-state index is 0. The zero-order valence-corrected chi connectivity index (χ0v) is 31.2. The molecule has 0 radical (unpaired) electrons. The van der Waals surface area contributed by atoms with Crippen LogP contribution in [0.15, 0.2) is 114 Å². The van der Waals surface area contributed by atoms with Gasteiger partial charge in [-0.3, -0.25) is 0 Å². The maximum absolute atomic E-state index is 2.44. The molecule has 0 fully saturated rings. The number of hydrogen-bond donors (Lipinski definition) is 0. The number of hydrogen-bond acceptors (Lipinski definition) is 0. The van der Waals surface area contributed by atoms with E-state index in [9.17, 15) is 0 Å². The third-order valence-corrected chi connectivity index (χ3v) is 10.1. The molecule has 0 N–H and O–H groups in total. The molecular weight excluding hydrogens is 655 g/mol. The second-order valence-electron chi connectivity index (χ2n) is 13.7. The molecule has 5 aromatic carbocycles. The van der Waals surface area contributed by atoms with E-state index in [1.807, 2.05) is 0 Å². The second kappa shape index (κ2) is 14.3. The van der Waals surface area contributed by atoms with Gasteiger partial charge in [0.15, 0.2) is 0 Å². The Morgan fingerprint density at radius 2 is 1.23 bits per heavy atom. The molecule has 0 bridgehead atoms. The molecule has 6 rings (SSSR count). The molecule has 0 spiro atoms. The monoisotopic (exact) mass is 695 g/mol. The van der Waals surface area contributed by atoms with Crippen LogP contribution in [0, 0.1) is 0 Å². The fourth-order valence-electron chi connectivity index (χ4n) is 5.97. The molecule has 44 heavy (non-hydrogen) atoms. The van der Waals surface area contributed by atoms with Crippen LogP contribution in [-0.2, 0) is 35.1 Å². The first-order valence-corrected chi connectivity index (χ1v) is 16.3. The topological polar surface area (TPSA) is 0 Å². The molecule has 0 saturated carbocycles. The summed E-state index contributed by atoms with van der Waals surface area (Å²) in [6.45, 7) is 18.4. The van der Waals surface area contributed by atoms with Gasteiger partial charge in [0.1, 0.15) is 0 Å². The number of benzene rings is 4. The Kier molecular flexibility index (Phi) is 11.7. The van der Waals surface area contributed by atoms with Crippen molar-refractivity contribution in [3.63, 3.8) is 0 Å². The van der Waals surface area contributed by atoms with Crippen molar-refractivity contribution in [2.45, 2.75) is 72.6 Å². The van der Waals surface area contributed by atoms with Crippen LogP contribution in [0.2, 0.25) is 0 Å². The molecular formula is C41H43Cl2Zr-. The van der Waals surface area contributed by atoms with Crippen LogP contribution < -0.4 is 24.8 Å². The van der Waals surface area contributed by atoms with Gasteiger partial charge in [0.2, 0.25) is 0 Å². The van der Waals surface area contributed by atoms with E-state index in [2.05, 4.69) is 159 Å². The first kappa shape index (κ1) is 36.0. The molecule has 0 nitrogen and oxygen atoms in total. The maximum atomic E-state index is 2.44. The first-order valence-electron chi connectivity index (χ1n) is 15.1. The summed E-state index contributed by atoms with van der Waals surface area (Å²) in [4.78, 5) is 0. The molecule has 0 heterocycles. The fourth-order valence-corrected chi connectivity index (χ4v) is 6.79. The van der Waals surface area contributed by atoms with Crippen LogP contribution in [-0.4, -0.2) is 3.21 Å². The van der Waals surface area contributed by atoms with Crippen LogP contribution in [0.4, 0.5) is 0 Å². The van der Waals surface area contributed by atoms with Crippen molar-refractivity contribution in [1.82, 2.24) is 0 Å². The molecule has 1 aliphatic carbocycles. The van der Waals surface area contributed by atoms with E-state index in [0.29, 0.717) is 0 Å². The number of allylic oxidation sites excluding steroid dienone is 4. The Morgan fingerprint density at radius 3 is 1.70 bits per heavy atom. The van der Waals surface area contributed by atoms with Gasteiger partial charge in [0.25, 0.3) is 0 Å². The molecule has 0 atom stereocenters. The molecule has 0 amide bonds. The molecule has 0 saturated heterocycles. The minimum absolute atomic E-state index is 0. The molecule has 0 aliphatic heterocycles. The van der Waals surface area contributed by atoms with Crippen molar-refractivity contribution in [2.24, 2.45) is 0 Å². The summed E-state index contributed by atoms with van der Waals surface area (Å²) in [5, 5.41) is 5.57. The fraction of sp³-hybridized carbons (Fsp3) is 0.268. The number of rotatable bonds is 3. The van der Waals surface area contributed by atoms with E-state index in [1.54, 1.807) is 0 Å². The van der Waals surface area contributed by atoms with E-state index < -0.39 is 0 Å². The van der Waals surface area contributed by atoms with Gasteiger partial charge in [0, 0.05) is 0 Å². The van der Waals surface area contributed by atoms with Crippen LogP contribution in [0.1, 0.15) is 89.6 Å². The van der Waals surface area contributed by atoms with Crippen LogP contribution in [0.25, 0.3) is 27.1 Å². The molecule has 3 heteroatoms. The van der Waals surface area contributed by atoms with Crippen LogP contribution >= 0.6 is 0 Å². The van der Waals surface area contributed by atoms with Crippen LogP contribution in [0.5, 0.6) is 0 Å². The van der Waals surface area contributed by atoms with Crippen molar-refractivity contribution in [2.75, 3.05) is 0 Å². The second-order valence-corrected chi connectivity index (χ2v) is 14.9. The first-order chi connectivity index (χ1) is 19.9. The Morgan fingerprint density at radius 1 is 0.682 bits per heavy atom. The molecule has 1 aliphatic rings.